The van der Waals surface area contributed by atoms with Crippen LogP contribution in [0.1, 0.15) is 33.4 Å². The van der Waals surface area contributed by atoms with Crippen molar-refractivity contribution in [3.05, 3.63) is 63.1 Å². The van der Waals surface area contributed by atoms with E-state index >= 15 is 0 Å². The molecular weight excluding hydrogens is 394 g/mol. The maximum absolute atomic E-state index is 2.21. The molecule has 1 aromatic carbocycles. The maximum Gasteiger partial charge on any atom is 3.00 e. The zero-order valence-electron chi connectivity index (χ0n) is 13.7. The van der Waals surface area contributed by atoms with Gasteiger partial charge in [0.05, 0.1) is 0 Å². The fourth-order valence-electron chi connectivity index (χ4n) is 1.69. The summed E-state index contributed by atoms with van der Waals surface area (Å²) in [6.07, 6.45) is 0. The average Bonchev–Trinajstić information content (AvgIpc) is 2.08. The Balaban J connectivity index is -0.0000000600. The van der Waals surface area contributed by atoms with Crippen LogP contribution in [-0.4, -0.2) is 0 Å². The second kappa shape index (κ2) is 13.9. The molecular formula is C16H30Ru2. The molecule has 2 radical (unpaired) electrons. The third kappa shape index (κ3) is 6.58. The predicted octanol–water partition coefficient (Wildman–Crippen LogP) is 5.33. The summed E-state index contributed by atoms with van der Waals surface area (Å²) < 4.78 is 0. The van der Waals surface area contributed by atoms with Crippen molar-refractivity contribution in [2.45, 2.75) is 41.5 Å². The first-order valence-corrected chi connectivity index (χ1v) is 4.50. The predicted molar refractivity (Wildman–Crippen MR) is 80.5 cm³/mol. The molecule has 0 fully saturated rings. The summed E-state index contributed by atoms with van der Waals surface area (Å²) >= 11 is 0. The Hall–Kier alpha value is 0.467. The van der Waals surface area contributed by atoms with Crippen molar-refractivity contribution in [2.24, 2.45) is 0 Å². The van der Waals surface area contributed by atoms with Crippen LogP contribution in [0.25, 0.3) is 0 Å². The number of hydrogen-bond acceptors (Lipinski definition) is 0. The second-order valence-electron chi connectivity index (χ2n) is 3.75. The molecule has 0 amide bonds. The van der Waals surface area contributed by atoms with Gasteiger partial charge >= 0.3 is 39.0 Å². The summed E-state index contributed by atoms with van der Waals surface area (Å²) in [4.78, 5) is 0. The number of benzene rings is 1. The van der Waals surface area contributed by atoms with E-state index in [1.165, 1.54) is 33.4 Å². The van der Waals surface area contributed by atoms with Crippen molar-refractivity contribution >= 4 is 0 Å². The van der Waals surface area contributed by atoms with Gasteiger partial charge in [0.1, 0.15) is 0 Å². The molecule has 0 aliphatic carbocycles. The van der Waals surface area contributed by atoms with Gasteiger partial charge < -0.3 is 29.7 Å². The van der Waals surface area contributed by atoms with Crippen LogP contribution in [-0.2, 0) is 39.0 Å². The summed E-state index contributed by atoms with van der Waals surface area (Å²) in [5.41, 5.74) is 8.73. The summed E-state index contributed by atoms with van der Waals surface area (Å²) in [5, 5.41) is 0. The Bertz CT molecular complexity index is 223. The average molecular weight is 425 g/mol. The standard InChI is InChI=1S/C12H18.4CH3.2Ru/c1-7-8(2)10(4)12(6)11(5)9(7)3;;;;;;/h1-6H3;4*1H3;;/q;4*-1;+1;+3. The van der Waals surface area contributed by atoms with E-state index in [-0.39, 0.29) is 68.7 Å². The van der Waals surface area contributed by atoms with E-state index in [0.29, 0.717) is 0 Å². The number of hydrogen-bond donors (Lipinski definition) is 0. The van der Waals surface area contributed by atoms with E-state index in [9.17, 15) is 0 Å². The van der Waals surface area contributed by atoms with Crippen LogP contribution in [0.3, 0.4) is 0 Å². The largest absolute Gasteiger partial charge is 3.00 e. The monoisotopic (exact) mass is 426 g/mol. The van der Waals surface area contributed by atoms with Gasteiger partial charge in [0.15, 0.2) is 0 Å². The Morgan fingerprint density at radius 3 is 0.500 bits per heavy atom. The van der Waals surface area contributed by atoms with Gasteiger partial charge in [0.25, 0.3) is 0 Å². The van der Waals surface area contributed by atoms with Gasteiger partial charge in [-0.05, 0) is 74.9 Å². The molecule has 0 heterocycles. The normalized spacial score (nSPS) is 7.00. The molecule has 0 nitrogen and oxygen atoms in total. The van der Waals surface area contributed by atoms with Crippen LogP contribution in [0.5, 0.6) is 0 Å². The SMILES string of the molecule is Cc1c(C)c(C)c(C)c(C)c1C.[CH3-].[CH3-].[CH3-].[CH3-].[Ru+3].[Ru+]. The van der Waals surface area contributed by atoms with E-state index < -0.39 is 0 Å². The first-order chi connectivity index (χ1) is 5.46. The molecule has 0 N–H and O–H groups in total. The van der Waals surface area contributed by atoms with E-state index in [2.05, 4.69) is 41.5 Å². The molecule has 1 rings (SSSR count). The molecule has 0 atom stereocenters. The van der Waals surface area contributed by atoms with Gasteiger partial charge in [-0.25, -0.2) is 0 Å². The zero-order chi connectivity index (χ0) is 9.46. The first-order valence-electron chi connectivity index (χ1n) is 4.50. The molecule has 0 spiro atoms. The smallest absolute Gasteiger partial charge is 0.358 e. The molecule has 0 aliphatic heterocycles. The van der Waals surface area contributed by atoms with Crippen molar-refractivity contribution in [1.29, 1.82) is 0 Å². The Kier molecular flexibility index (Phi) is 28.0. The van der Waals surface area contributed by atoms with Gasteiger partial charge in [-0.15, -0.1) is 0 Å². The molecule has 0 saturated carbocycles. The maximum atomic E-state index is 2.21. The molecule has 0 aromatic heterocycles. The summed E-state index contributed by atoms with van der Waals surface area (Å²) in [7, 11) is 0. The quantitative estimate of drug-likeness (QED) is 0.390. The van der Waals surface area contributed by atoms with Crippen molar-refractivity contribution in [3.63, 3.8) is 0 Å². The first kappa shape index (κ1) is 36.3. The van der Waals surface area contributed by atoms with E-state index in [0.717, 1.165) is 0 Å². The molecule has 1 aromatic rings. The van der Waals surface area contributed by atoms with Gasteiger partial charge in [0, 0.05) is 0 Å². The van der Waals surface area contributed by atoms with Gasteiger partial charge in [-0.3, -0.25) is 0 Å². The second-order valence-corrected chi connectivity index (χ2v) is 3.75. The van der Waals surface area contributed by atoms with Crippen LogP contribution >= 0.6 is 0 Å². The third-order valence-electron chi connectivity index (χ3n) is 3.38. The minimum Gasteiger partial charge on any atom is -0.358 e. The van der Waals surface area contributed by atoms with Crippen molar-refractivity contribution in [1.82, 2.24) is 0 Å². The summed E-state index contributed by atoms with van der Waals surface area (Å²) in [6, 6.07) is 0. The molecule has 18 heavy (non-hydrogen) atoms. The van der Waals surface area contributed by atoms with Crippen LogP contribution in [0.15, 0.2) is 0 Å². The molecule has 0 bridgehead atoms. The Labute approximate surface area is 143 Å². The van der Waals surface area contributed by atoms with Crippen molar-refractivity contribution < 1.29 is 39.0 Å². The van der Waals surface area contributed by atoms with Crippen LogP contribution in [0.2, 0.25) is 0 Å². The molecule has 110 valence electrons. The molecule has 0 unspecified atom stereocenters. The van der Waals surface area contributed by atoms with Gasteiger partial charge in [0.2, 0.25) is 0 Å². The van der Waals surface area contributed by atoms with Crippen molar-refractivity contribution in [2.75, 3.05) is 0 Å². The van der Waals surface area contributed by atoms with Crippen molar-refractivity contribution in [3.8, 4) is 0 Å². The van der Waals surface area contributed by atoms with E-state index in [1.807, 2.05) is 0 Å². The summed E-state index contributed by atoms with van der Waals surface area (Å²) in [6.45, 7) is 13.3. The number of rotatable bonds is 0. The van der Waals surface area contributed by atoms with Gasteiger partial charge in [-0.2, -0.15) is 0 Å². The Morgan fingerprint density at radius 1 is 0.389 bits per heavy atom. The molecule has 2 heteroatoms. The Morgan fingerprint density at radius 2 is 0.444 bits per heavy atom. The summed E-state index contributed by atoms with van der Waals surface area (Å²) in [5.74, 6) is 0. The van der Waals surface area contributed by atoms with Gasteiger partial charge in [-0.1, -0.05) is 0 Å². The fraction of sp³-hybridized carbons (Fsp3) is 0.375. The minimum atomic E-state index is 0. The topological polar surface area (TPSA) is 0 Å². The van der Waals surface area contributed by atoms with E-state index in [1.54, 1.807) is 0 Å². The third-order valence-corrected chi connectivity index (χ3v) is 3.38. The van der Waals surface area contributed by atoms with Crippen LogP contribution < -0.4 is 0 Å². The van der Waals surface area contributed by atoms with Crippen LogP contribution in [0, 0.1) is 71.2 Å². The molecule has 0 saturated heterocycles. The zero-order valence-corrected chi connectivity index (χ0v) is 17.2. The molecule has 0 aliphatic rings. The van der Waals surface area contributed by atoms with Crippen LogP contribution in [0.4, 0.5) is 0 Å². The fourth-order valence-corrected chi connectivity index (χ4v) is 1.69. The van der Waals surface area contributed by atoms with E-state index in [4.69, 9.17) is 0 Å². The minimum absolute atomic E-state index is 0.